The lowest BCUT2D eigenvalue weighted by molar-refractivity contribution is -0.128. The van der Waals surface area contributed by atoms with Gasteiger partial charge in [-0.3, -0.25) is 4.79 Å². The van der Waals surface area contributed by atoms with E-state index in [1.807, 2.05) is 24.3 Å². The van der Waals surface area contributed by atoms with Crippen molar-refractivity contribution in [3.63, 3.8) is 0 Å². The fourth-order valence-electron chi connectivity index (χ4n) is 4.39. The van der Waals surface area contributed by atoms with Gasteiger partial charge >= 0.3 is 17.9 Å². The number of aryl methyl sites for hydroxylation is 1. The fourth-order valence-corrected chi connectivity index (χ4v) is 4.39. The molecule has 0 aliphatic carbocycles. The second-order valence-electron chi connectivity index (χ2n) is 10.1. The number of benzene rings is 3. The predicted molar refractivity (Wildman–Crippen MR) is 161 cm³/mol. The van der Waals surface area contributed by atoms with Crippen LogP contribution in [0.15, 0.2) is 66.7 Å². The van der Waals surface area contributed by atoms with E-state index in [1.54, 1.807) is 38.1 Å². The Labute approximate surface area is 263 Å². The molecule has 0 saturated carbocycles. The molecule has 2 N–H and O–H groups in total. The smallest absolute Gasteiger partial charge is 0.342 e. The van der Waals surface area contributed by atoms with E-state index >= 15 is 0 Å². The summed E-state index contributed by atoms with van der Waals surface area (Å²) in [5, 5.41) is 22.2. The minimum atomic E-state index is -1.32. The molecule has 13 heteroatoms. The van der Waals surface area contributed by atoms with Gasteiger partial charge < -0.3 is 34.1 Å². The summed E-state index contributed by atoms with van der Waals surface area (Å²) in [4.78, 5) is 46.8. The molecule has 1 aromatic heterocycles. The largest absolute Gasteiger partial charge is 0.462 e. The highest BCUT2D eigenvalue weighted by Crippen LogP contribution is 2.41. The van der Waals surface area contributed by atoms with Gasteiger partial charge in [-0.05, 0) is 68.3 Å². The second kappa shape index (κ2) is 13.7. The second-order valence-corrected chi connectivity index (χ2v) is 10.1. The van der Waals surface area contributed by atoms with Gasteiger partial charge in [0.15, 0.2) is 5.69 Å². The molecule has 2 heterocycles. The summed E-state index contributed by atoms with van der Waals surface area (Å²) in [6, 6.07) is 19.5. The highest BCUT2D eigenvalue weighted by molar-refractivity contribution is 5.99. The topological polar surface area (TPSA) is 179 Å². The SMILES string of the molecule is CCOC(=O)c1cc(C)cc(Oc2nc(Oc3cc(C#N)ccc3C(=O)OCc3ccccc3)nc3c2NC(=O)C(C(C)O)O3)c1. The Balaban J connectivity index is 1.53. The molecule has 5 rings (SSSR count). The number of nitriles is 1. The number of hydrogen-bond acceptors (Lipinski definition) is 12. The number of ether oxygens (including phenoxy) is 5. The number of fused-ring (bicyclic) bond motifs is 1. The third kappa shape index (κ3) is 7.20. The Hall–Kier alpha value is -6.00. The van der Waals surface area contributed by atoms with Crippen LogP contribution in [0.5, 0.6) is 29.3 Å². The van der Waals surface area contributed by atoms with Gasteiger partial charge in [-0.1, -0.05) is 30.3 Å². The standard InChI is InChI=1S/C33H28N4O9/c1-4-42-31(40)22-12-18(2)13-23(15-22)44-29-26-30(46-27(19(3)38)28(39)35-26)37-33(36-29)45-25-14-21(16-34)10-11-24(25)32(41)43-17-20-8-6-5-7-9-20/h5-15,19,27,38H,4,17H2,1-3H3,(H,35,39). The van der Waals surface area contributed by atoms with Gasteiger partial charge in [0.1, 0.15) is 23.7 Å². The van der Waals surface area contributed by atoms with Crippen molar-refractivity contribution in [2.24, 2.45) is 0 Å². The minimum absolute atomic E-state index is 0.00893. The molecule has 0 radical (unpaired) electrons. The molecule has 3 aromatic carbocycles. The molecule has 1 aliphatic rings. The molecule has 13 nitrogen and oxygen atoms in total. The summed E-state index contributed by atoms with van der Waals surface area (Å²) in [6.45, 7) is 4.97. The molecule has 0 saturated heterocycles. The predicted octanol–water partition coefficient (Wildman–Crippen LogP) is 4.86. The van der Waals surface area contributed by atoms with Crippen LogP contribution in [0.1, 0.15) is 51.3 Å². The van der Waals surface area contributed by atoms with Crippen molar-refractivity contribution in [2.75, 3.05) is 11.9 Å². The molecule has 0 bridgehead atoms. The minimum Gasteiger partial charge on any atom is -0.462 e. The molecule has 2 atom stereocenters. The first-order valence-corrected chi connectivity index (χ1v) is 14.1. The average molecular weight is 625 g/mol. The van der Waals surface area contributed by atoms with E-state index in [9.17, 15) is 24.8 Å². The van der Waals surface area contributed by atoms with E-state index < -0.39 is 30.1 Å². The Morgan fingerprint density at radius 1 is 1.04 bits per heavy atom. The van der Waals surface area contributed by atoms with Gasteiger partial charge in [0.25, 0.3) is 11.8 Å². The monoisotopic (exact) mass is 624 g/mol. The van der Waals surface area contributed by atoms with E-state index in [1.165, 1.54) is 31.2 Å². The quantitative estimate of drug-likeness (QED) is 0.229. The number of anilines is 1. The number of aromatic nitrogens is 2. The maximum Gasteiger partial charge on any atom is 0.342 e. The molecule has 2 unspecified atom stereocenters. The van der Waals surface area contributed by atoms with Gasteiger partial charge in [0.2, 0.25) is 12.0 Å². The zero-order valence-electron chi connectivity index (χ0n) is 25.0. The van der Waals surface area contributed by atoms with Gasteiger partial charge in [0.05, 0.1) is 29.9 Å². The number of hydrogen-bond donors (Lipinski definition) is 2. The van der Waals surface area contributed by atoms with Crippen LogP contribution in [0.3, 0.4) is 0 Å². The number of amides is 1. The molecule has 0 fully saturated rings. The fraction of sp³-hybridized carbons (Fsp3) is 0.212. The van der Waals surface area contributed by atoms with Gasteiger partial charge in [-0.25, -0.2) is 9.59 Å². The summed E-state index contributed by atoms with van der Waals surface area (Å²) in [7, 11) is 0. The number of aliphatic hydroxyl groups excluding tert-OH is 1. The van der Waals surface area contributed by atoms with E-state index in [-0.39, 0.29) is 64.9 Å². The van der Waals surface area contributed by atoms with Crippen LogP contribution in [-0.2, 0) is 20.9 Å². The van der Waals surface area contributed by atoms with Crippen molar-refractivity contribution in [3.8, 4) is 35.3 Å². The lowest BCUT2D eigenvalue weighted by atomic mass is 10.1. The first-order valence-electron chi connectivity index (χ1n) is 14.1. The van der Waals surface area contributed by atoms with Crippen molar-refractivity contribution < 1.29 is 43.2 Å². The van der Waals surface area contributed by atoms with E-state index in [0.717, 1.165) is 5.56 Å². The van der Waals surface area contributed by atoms with E-state index in [0.29, 0.717) is 5.56 Å². The third-order valence-electron chi connectivity index (χ3n) is 6.53. The number of carbonyl (C=O) groups excluding carboxylic acids is 3. The van der Waals surface area contributed by atoms with Crippen LogP contribution < -0.4 is 19.5 Å². The van der Waals surface area contributed by atoms with Crippen molar-refractivity contribution in [3.05, 3.63) is 94.5 Å². The average Bonchev–Trinajstić information content (AvgIpc) is 3.04. The Morgan fingerprint density at radius 2 is 1.83 bits per heavy atom. The molecule has 234 valence electrons. The van der Waals surface area contributed by atoms with Gasteiger partial charge in [-0.15, -0.1) is 0 Å². The Morgan fingerprint density at radius 3 is 2.54 bits per heavy atom. The van der Waals surface area contributed by atoms with Crippen LogP contribution >= 0.6 is 0 Å². The highest BCUT2D eigenvalue weighted by Gasteiger charge is 2.36. The van der Waals surface area contributed by atoms with E-state index in [2.05, 4.69) is 15.3 Å². The third-order valence-corrected chi connectivity index (χ3v) is 6.53. The number of rotatable bonds is 10. The number of carbonyl (C=O) groups is 3. The first kappa shape index (κ1) is 31.4. The molecule has 4 aromatic rings. The maximum absolute atomic E-state index is 13.1. The zero-order valence-corrected chi connectivity index (χ0v) is 25.0. The van der Waals surface area contributed by atoms with E-state index in [4.69, 9.17) is 23.7 Å². The lowest BCUT2D eigenvalue weighted by Crippen LogP contribution is -2.44. The molecule has 0 spiro atoms. The number of nitrogens with one attached hydrogen (secondary N) is 1. The summed E-state index contributed by atoms with van der Waals surface area (Å²) in [6.07, 6.45) is -2.53. The molecule has 46 heavy (non-hydrogen) atoms. The van der Waals surface area contributed by atoms with Crippen LogP contribution in [0.4, 0.5) is 5.69 Å². The highest BCUT2D eigenvalue weighted by atomic mass is 16.6. The van der Waals surface area contributed by atoms with Crippen LogP contribution in [0, 0.1) is 18.3 Å². The normalized spacial score (nSPS) is 14.1. The Bertz CT molecular complexity index is 1840. The maximum atomic E-state index is 13.1. The summed E-state index contributed by atoms with van der Waals surface area (Å²) in [5.74, 6) is -2.34. The van der Waals surface area contributed by atoms with Crippen molar-refractivity contribution in [1.82, 2.24) is 9.97 Å². The zero-order chi connectivity index (χ0) is 32.8. The summed E-state index contributed by atoms with van der Waals surface area (Å²) in [5.41, 5.74) is 1.74. The molecule has 1 aliphatic heterocycles. The van der Waals surface area contributed by atoms with Crippen LogP contribution in [-0.4, -0.2) is 51.7 Å². The van der Waals surface area contributed by atoms with Gasteiger partial charge in [0, 0.05) is 0 Å². The number of esters is 2. The van der Waals surface area contributed by atoms with Crippen LogP contribution in [0.2, 0.25) is 0 Å². The molecular formula is C33H28N4O9. The van der Waals surface area contributed by atoms with Crippen molar-refractivity contribution in [2.45, 2.75) is 39.6 Å². The first-order chi connectivity index (χ1) is 22.1. The lowest BCUT2D eigenvalue weighted by Gasteiger charge is -2.27. The van der Waals surface area contributed by atoms with Crippen molar-refractivity contribution >= 4 is 23.5 Å². The van der Waals surface area contributed by atoms with Crippen LogP contribution in [0.25, 0.3) is 0 Å². The molecular weight excluding hydrogens is 596 g/mol. The van der Waals surface area contributed by atoms with Gasteiger partial charge in [-0.2, -0.15) is 15.2 Å². The van der Waals surface area contributed by atoms with Crippen molar-refractivity contribution in [1.29, 1.82) is 5.26 Å². The molecule has 1 amide bonds. The summed E-state index contributed by atoms with van der Waals surface area (Å²) < 4.78 is 28.2. The Kier molecular flexibility index (Phi) is 9.39. The number of nitrogens with zero attached hydrogens (tertiary/aromatic N) is 3. The number of aliphatic hydroxyl groups is 1. The summed E-state index contributed by atoms with van der Waals surface area (Å²) >= 11 is 0.